The summed E-state index contributed by atoms with van der Waals surface area (Å²) < 4.78 is 0. The van der Waals surface area contributed by atoms with Gasteiger partial charge in [-0.2, -0.15) is 0 Å². The average Bonchev–Trinajstić information content (AvgIpc) is 3.27. The van der Waals surface area contributed by atoms with Crippen LogP contribution in [-0.4, -0.2) is 57.6 Å². The molecule has 0 radical (unpaired) electrons. The molecule has 174 valence electrons. The maximum Gasteiger partial charge on any atom is 0.414 e. The quantitative estimate of drug-likeness (QED) is 0.532. The Morgan fingerprint density at radius 2 is 1.66 bits per heavy atom. The third-order valence-corrected chi connectivity index (χ3v) is 5.36. The first-order chi connectivity index (χ1) is 15.4. The molecule has 1 aromatic heterocycles. The second kappa shape index (κ2) is 12.8. The number of carboxylic acid groups (broad SMARTS) is 2. The number of hydrogen-bond acceptors (Lipinski definition) is 5. The van der Waals surface area contributed by atoms with E-state index in [1.807, 2.05) is 12.1 Å². The summed E-state index contributed by atoms with van der Waals surface area (Å²) in [6.07, 6.45) is 7.66. The van der Waals surface area contributed by atoms with E-state index < -0.39 is 11.9 Å². The van der Waals surface area contributed by atoms with Gasteiger partial charge in [-0.15, -0.1) is 0 Å². The fourth-order valence-electron chi connectivity index (χ4n) is 3.84. The Labute approximate surface area is 188 Å². The van der Waals surface area contributed by atoms with Crippen LogP contribution >= 0.6 is 0 Å². The van der Waals surface area contributed by atoms with E-state index in [9.17, 15) is 4.79 Å². The third kappa shape index (κ3) is 7.30. The van der Waals surface area contributed by atoms with Gasteiger partial charge in [0.25, 0.3) is 0 Å². The number of anilines is 1. The highest BCUT2D eigenvalue weighted by Gasteiger charge is 2.19. The van der Waals surface area contributed by atoms with Gasteiger partial charge in [0.2, 0.25) is 5.91 Å². The predicted molar refractivity (Wildman–Crippen MR) is 124 cm³/mol. The van der Waals surface area contributed by atoms with Gasteiger partial charge < -0.3 is 15.5 Å². The van der Waals surface area contributed by atoms with Crippen LogP contribution in [-0.2, 0) is 27.2 Å². The second-order valence-corrected chi connectivity index (χ2v) is 7.92. The minimum absolute atomic E-state index is 0.0991. The Morgan fingerprint density at radius 3 is 2.25 bits per heavy atom. The molecule has 8 nitrogen and oxygen atoms in total. The lowest BCUT2D eigenvalue weighted by Crippen LogP contribution is -2.31. The van der Waals surface area contributed by atoms with Crippen molar-refractivity contribution in [3.05, 3.63) is 35.5 Å². The summed E-state index contributed by atoms with van der Waals surface area (Å²) in [6.45, 7) is 6.96. The molecule has 1 aromatic carbocycles. The van der Waals surface area contributed by atoms with Gasteiger partial charge in [-0.3, -0.25) is 14.7 Å². The van der Waals surface area contributed by atoms with Gasteiger partial charge in [-0.25, -0.2) is 9.59 Å². The smallest absolute Gasteiger partial charge is 0.414 e. The number of hydrogen-bond donors (Lipinski definition) is 3. The Hall–Kier alpha value is -3.00. The number of carbonyl (C=O) groups excluding carboxylic acids is 1. The van der Waals surface area contributed by atoms with Crippen LogP contribution < -0.4 is 5.32 Å². The van der Waals surface area contributed by atoms with Gasteiger partial charge in [0, 0.05) is 11.1 Å². The maximum absolute atomic E-state index is 12.7. The summed E-state index contributed by atoms with van der Waals surface area (Å²) in [6, 6.07) is 8.18. The van der Waals surface area contributed by atoms with Crippen LogP contribution in [0.1, 0.15) is 57.2 Å². The van der Waals surface area contributed by atoms with Crippen molar-refractivity contribution in [1.29, 1.82) is 0 Å². The first-order valence-corrected chi connectivity index (χ1v) is 11.3. The van der Waals surface area contributed by atoms with Crippen molar-refractivity contribution in [3.63, 3.8) is 0 Å². The Morgan fingerprint density at radius 1 is 1.00 bits per heavy atom. The molecule has 0 saturated carbocycles. The number of aromatic nitrogens is 1. The van der Waals surface area contributed by atoms with Crippen molar-refractivity contribution in [3.8, 4) is 0 Å². The number of likely N-dealkylation sites (tertiary alicyclic amines) is 1. The Balaban J connectivity index is 0.000000534. The monoisotopic (exact) mass is 443 g/mol. The molecule has 1 aliphatic rings. The van der Waals surface area contributed by atoms with Gasteiger partial charge in [0.1, 0.15) is 0 Å². The SMILES string of the molecule is CCCCc1nc2ccccc2c(NC(=O)CN2CCCC2)c1CCC.O=C(O)C(=O)O. The van der Waals surface area contributed by atoms with Crippen LogP contribution in [0.2, 0.25) is 0 Å². The highest BCUT2D eigenvalue weighted by molar-refractivity contribution is 6.27. The molecule has 8 heteroatoms. The molecule has 1 amide bonds. The number of amides is 1. The van der Waals surface area contributed by atoms with E-state index in [1.54, 1.807) is 0 Å². The molecule has 32 heavy (non-hydrogen) atoms. The fourth-order valence-corrected chi connectivity index (χ4v) is 3.84. The van der Waals surface area contributed by atoms with Crippen molar-refractivity contribution in [1.82, 2.24) is 9.88 Å². The van der Waals surface area contributed by atoms with Crippen LogP contribution in [0, 0.1) is 0 Å². The van der Waals surface area contributed by atoms with Crippen molar-refractivity contribution in [2.75, 3.05) is 25.0 Å². The molecule has 0 unspecified atom stereocenters. The summed E-state index contributed by atoms with van der Waals surface area (Å²) in [5.41, 5.74) is 4.36. The minimum atomic E-state index is -1.82. The number of pyridine rings is 1. The summed E-state index contributed by atoms with van der Waals surface area (Å²) in [4.78, 5) is 38.1. The number of carbonyl (C=O) groups is 3. The van der Waals surface area contributed by atoms with Gasteiger partial charge in [0.15, 0.2) is 0 Å². The number of rotatable bonds is 8. The molecule has 0 spiro atoms. The average molecular weight is 444 g/mol. The zero-order chi connectivity index (χ0) is 23.5. The number of carboxylic acids is 2. The molecule has 0 aliphatic carbocycles. The highest BCUT2D eigenvalue weighted by atomic mass is 16.4. The first kappa shape index (κ1) is 25.3. The fraction of sp³-hybridized carbons (Fsp3) is 0.500. The third-order valence-electron chi connectivity index (χ3n) is 5.36. The molecule has 1 saturated heterocycles. The maximum atomic E-state index is 12.7. The topological polar surface area (TPSA) is 120 Å². The Bertz CT molecular complexity index is 927. The lowest BCUT2D eigenvalue weighted by molar-refractivity contribution is -0.159. The lowest BCUT2D eigenvalue weighted by atomic mass is 9.98. The number of nitrogens with zero attached hydrogens (tertiary/aromatic N) is 2. The van der Waals surface area contributed by atoms with Crippen molar-refractivity contribution in [2.45, 2.75) is 58.8 Å². The van der Waals surface area contributed by atoms with Crippen LogP contribution in [0.3, 0.4) is 0 Å². The van der Waals surface area contributed by atoms with E-state index in [0.29, 0.717) is 6.54 Å². The Kier molecular flexibility index (Phi) is 10.1. The van der Waals surface area contributed by atoms with Crippen LogP contribution in [0.5, 0.6) is 0 Å². The predicted octanol–water partition coefficient (Wildman–Crippen LogP) is 3.72. The molecule has 2 heterocycles. The number of nitrogens with one attached hydrogen (secondary N) is 1. The van der Waals surface area contributed by atoms with E-state index in [-0.39, 0.29) is 5.91 Å². The van der Waals surface area contributed by atoms with Crippen LogP contribution in [0.25, 0.3) is 10.9 Å². The first-order valence-electron chi connectivity index (χ1n) is 11.3. The van der Waals surface area contributed by atoms with Crippen LogP contribution in [0.4, 0.5) is 5.69 Å². The molecule has 1 fully saturated rings. The van der Waals surface area contributed by atoms with E-state index >= 15 is 0 Å². The van der Waals surface area contributed by atoms with Gasteiger partial charge in [-0.1, -0.05) is 44.9 Å². The zero-order valence-electron chi connectivity index (χ0n) is 18.9. The molecular weight excluding hydrogens is 410 g/mol. The normalized spacial score (nSPS) is 13.4. The second-order valence-electron chi connectivity index (χ2n) is 7.92. The molecule has 3 rings (SSSR count). The number of aryl methyl sites for hydroxylation is 1. The summed E-state index contributed by atoms with van der Waals surface area (Å²) in [7, 11) is 0. The van der Waals surface area contributed by atoms with Crippen LogP contribution in [0.15, 0.2) is 24.3 Å². The van der Waals surface area contributed by atoms with E-state index in [2.05, 4.69) is 36.2 Å². The zero-order valence-corrected chi connectivity index (χ0v) is 18.9. The summed E-state index contributed by atoms with van der Waals surface area (Å²) >= 11 is 0. The molecule has 0 bridgehead atoms. The lowest BCUT2D eigenvalue weighted by Gasteiger charge is -2.19. The molecular formula is C24H33N3O5. The standard InChI is InChI=1S/C22H31N3O.C2H2O4/c1-3-5-12-19-17(10-4-2)22(18-11-6-7-13-20(18)23-19)24-21(26)16-25-14-8-9-15-25;3-1(4)2(5)6/h6-7,11,13H,3-5,8-10,12,14-16H2,1-2H3,(H,23,24,26);(H,3,4)(H,5,6). The molecule has 2 aromatic rings. The van der Waals surface area contributed by atoms with Gasteiger partial charge in [-0.05, 0) is 56.8 Å². The van der Waals surface area contributed by atoms with E-state index in [0.717, 1.165) is 67.5 Å². The number of benzene rings is 1. The minimum Gasteiger partial charge on any atom is -0.473 e. The van der Waals surface area contributed by atoms with Crippen molar-refractivity contribution < 1.29 is 24.6 Å². The van der Waals surface area contributed by atoms with Gasteiger partial charge in [0.05, 0.1) is 17.7 Å². The number of fused-ring (bicyclic) bond motifs is 1. The molecule has 0 atom stereocenters. The highest BCUT2D eigenvalue weighted by Crippen LogP contribution is 2.30. The largest absolute Gasteiger partial charge is 0.473 e. The van der Waals surface area contributed by atoms with E-state index in [4.69, 9.17) is 24.8 Å². The number of aliphatic carboxylic acids is 2. The number of para-hydroxylation sites is 1. The number of unbranched alkanes of at least 4 members (excludes halogenated alkanes) is 1. The van der Waals surface area contributed by atoms with E-state index in [1.165, 1.54) is 18.4 Å². The van der Waals surface area contributed by atoms with Crippen molar-refractivity contribution in [2.24, 2.45) is 0 Å². The molecule has 3 N–H and O–H groups in total. The summed E-state index contributed by atoms with van der Waals surface area (Å²) in [5, 5.41) is 19.1. The summed E-state index contributed by atoms with van der Waals surface area (Å²) in [5.74, 6) is -3.55. The molecule has 1 aliphatic heterocycles. The van der Waals surface area contributed by atoms with Gasteiger partial charge >= 0.3 is 11.9 Å². The van der Waals surface area contributed by atoms with Crippen molar-refractivity contribution >= 4 is 34.4 Å².